The van der Waals surface area contributed by atoms with Crippen molar-refractivity contribution in [2.75, 3.05) is 0 Å². The summed E-state index contributed by atoms with van der Waals surface area (Å²) in [5.74, 6) is 0. The summed E-state index contributed by atoms with van der Waals surface area (Å²) >= 11 is 9.17. The molecule has 2 rings (SSSR count). The van der Waals surface area contributed by atoms with Gasteiger partial charge < -0.3 is 0 Å². The maximum absolute atomic E-state index is 5.82. The summed E-state index contributed by atoms with van der Waals surface area (Å²) in [6.45, 7) is 0. The Kier molecular flexibility index (Phi) is 1.62. The van der Waals surface area contributed by atoms with Crippen LogP contribution in [0.4, 0.5) is 0 Å². The van der Waals surface area contributed by atoms with Crippen molar-refractivity contribution < 1.29 is 0 Å². The molecule has 2 nitrogen and oxygen atoms in total. The highest BCUT2D eigenvalue weighted by Gasteiger charge is 1.98. The molecule has 0 fully saturated rings. The summed E-state index contributed by atoms with van der Waals surface area (Å²) in [4.78, 5) is 4.07. The van der Waals surface area contributed by atoms with E-state index in [0.717, 1.165) is 10.1 Å². The SMILES string of the molecule is Clc1cnc2ccc(Br)cn12. The fraction of sp³-hybridized carbons (Fsp3) is 0. The Bertz CT molecular complexity index is 396. The van der Waals surface area contributed by atoms with Crippen LogP contribution in [0.2, 0.25) is 5.15 Å². The third kappa shape index (κ3) is 1.14. The minimum absolute atomic E-state index is 0.626. The minimum Gasteiger partial charge on any atom is -0.289 e. The molecule has 11 heavy (non-hydrogen) atoms. The second-order valence-corrected chi connectivity index (χ2v) is 3.46. The van der Waals surface area contributed by atoms with E-state index in [4.69, 9.17) is 11.6 Å². The Hall–Kier alpha value is -0.540. The van der Waals surface area contributed by atoms with Gasteiger partial charge >= 0.3 is 0 Å². The summed E-state index contributed by atoms with van der Waals surface area (Å²) in [5.41, 5.74) is 0.859. The second-order valence-electron chi connectivity index (χ2n) is 2.16. The zero-order valence-corrected chi connectivity index (χ0v) is 7.80. The van der Waals surface area contributed by atoms with Gasteiger partial charge in [-0.1, -0.05) is 11.6 Å². The van der Waals surface area contributed by atoms with Crippen molar-refractivity contribution in [3.8, 4) is 0 Å². The smallest absolute Gasteiger partial charge is 0.137 e. The van der Waals surface area contributed by atoms with Crippen molar-refractivity contribution in [1.82, 2.24) is 9.38 Å². The number of fused-ring (bicyclic) bond motifs is 1. The first-order valence-electron chi connectivity index (χ1n) is 3.05. The Balaban J connectivity index is 2.87. The first kappa shape index (κ1) is 7.13. The molecule has 0 radical (unpaired) electrons. The Labute approximate surface area is 76.9 Å². The van der Waals surface area contributed by atoms with Crippen molar-refractivity contribution in [3.63, 3.8) is 0 Å². The summed E-state index contributed by atoms with van der Waals surface area (Å²) in [5, 5.41) is 0.626. The molecule has 0 saturated heterocycles. The zero-order chi connectivity index (χ0) is 7.84. The molecule has 0 aliphatic carbocycles. The van der Waals surface area contributed by atoms with Crippen molar-refractivity contribution in [2.45, 2.75) is 0 Å². The molecule has 56 valence electrons. The van der Waals surface area contributed by atoms with Crippen LogP contribution in [-0.4, -0.2) is 9.38 Å². The molecule has 0 aromatic carbocycles. The number of hydrogen-bond donors (Lipinski definition) is 0. The third-order valence-electron chi connectivity index (χ3n) is 1.42. The van der Waals surface area contributed by atoms with Gasteiger partial charge in [0.15, 0.2) is 0 Å². The fourth-order valence-corrected chi connectivity index (χ4v) is 1.45. The predicted molar refractivity (Wildman–Crippen MR) is 47.9 cm³/mol. The number of rotatable bonds is 0. The number of pyridine rings is 1. The van der Waals surface area contributed by atoms with Gasteiger partial charge in [-0.05, 0) is 28.1 Å². The summed E-state index contributed by atoms with van der Waals surface area (Å²) in [7, 11) is 0. The molecule has 0 amide bonds. The third-order valence-corrected chi connectivity index (χ3v) is 2.17. The van der Waals surface area contributed by atoms with Gasteiger partial charge in [0.05, 0.1) is 6.20 Å². The Morgan fingerprint density at radius 1 is 1.45 bits per heavy atom. The molecule has 2 aromatic rings. The van der Waals surface area contributed by atoms with Gasteiger partial charge in [0, 0.05) is 10.7 Å². The van der Waals surface area contributed by atoms with E-state index >= 15 is 0 Å². The lowest BCUT2D eigenvalue weighted by Gasteiger charge is -1.94. The summed E-state index contributed by atoms with van der Waals surface area (Å²) in [6.07, 6.45) is 3.51. The molecule has 0 spiro atoms. The average molecular weight is 231 g/mol. The standard InChI is InChI=1S/C7H4BrClN2/c8-5-1-2-7-10-3-6(9)11(7)4-5/h1-4H. The Morgan fingerprint density at radius 2 is 2.27 bits per heavy atom. The lowest BCUT2D eigenvalue weighted by Crippen LogP contribution is -1.82. The second kappa shape index (κ2) is 2.50. The van der Waals surface area contributed by atoms with Crippen LogP contribution < -0.4 is 0 Å². The molecule has 2 aromatic heterocycles. The molecular weight excluding hydrogens is 227 g/mol. The van der Waals surface area contributed by atoms with Crippen LogP contribution in [-0.2, 0) is 0 Å². The van der Waals surface area contributed by atoms with Crippen LogP contribution >= 0.6 is 27.5 Å². The molecule has 0 aliphatic heterocycles. The number of nitrogens with zero attached hydrogens (tertiary/aromatic N) is 2. The van der Waals surface area contributed by atoms with E-state index in [1.54, 1.807) is 6.20 Å². The predicted octanol–water partition coefficient (Wildman–Crippen LogP) is 2.75. The number of hydrogen-bond acceptors (Lipinski definition) is 1. The molecule has 0 unspecified atom stereocenters. The molecule has 0 N–H and O–H groups in total. The number of aromatic nitrogens is 2. The van der Waals surface area contributed by atoms with Crippen LogP contribution in [0.25, 0.3) is 5.65 Å². The van der Waals surface area contributed by atoms with Crippen molar-refractivity contribution in [2.24, 2.45) is 0 Å². The highest BCUT2D eigenvalue weighted by Crippen LogP contribution is 2.15. The van der Waals surface area contributed by atoms with E-state index in [1.807, 2.05) is 22.7 Å². The molecule has 0 aliphatic rings. The van der Waals surface area contributed by atoms with Crippen LogP contribution in [0.1, 0.15) is 0 Å². The molecular formula is C7H4BrClN2. The zero-order valence-electron chi connectivity index (χ0n) is 5.46. The molecule has 0 bridgehead atoms. The lowest BCUT2D eigenvalue weighted by molar-refractivity contribution is 1.17. The highest BCUT2D eigenvalue weighted by molar-refractivity contribution is 9.10. The lowest BCUT2D eigenvalue weighted by atomic mass is 10.5. The number of halogens is 2. The van der Waals surface area contributed by atoms with Gasteiger partial charge in [-0.15, -0.1) is 0 Å². The average Bonchev–Trinajstić information content (AvgIpc) is 2.33. The highest BCUT2D eigenvalue weighted by atomic mass is 79.9. The van der Waals surface area contributed by atoms with Crippen LogP contribution in [0.15, 0.2) is 29.0 Å². The fourth-order valence-electron chi connectivity index (χ4n) is 0.925. The van der Waals surface area contributed by atoms with Crippen molar-refractivity contribution in [1.29, 1.82) is 0 Å². The van der Waals surface area contributed by atoms with Gasteiger partial charge in [0.1, 0.15) is 10.8 Å². The van der Waals surface area contributed by atoms with Crippen LogP contribution in [0, 0.1) is 0 Å². The van der Waals surface area contributed by atoms with E-state index in [2.05, 4.69) is 20.9 Å². The number of imidazole rings is 1. The van der Waals surface area contributed by atoms with E-state index in [1.165, 1.54) is 0 Å². The molecule has 4 heteroatoms. The molecule has 2 heterocycles. The molecule has 0 atom stereocenters. The maximum atomic E-state index is 5.82. The van der Waals surface area contributed by atoms with Gasteiger partial charge in [0.2, 0.25) is 0 Å². The largest absolute Gasteiger partial charge is 0.289 e. The summed E-state index contributed by atoms with van der Waals surface area (Å²) in [6, 6.07) is 3.83. The first-order valence-corrected chi connectivity index (χ1v) is 4.22. The quantitative estimate of drug-likeness (QED) is 0.681. The summed E-state index contributed by atoms with van der Waals surface area (Å²) < 4.78 is 2.80. The van der Waals surface area contributed by atoms with Gasteiger partial charge in [-0.2, -0.15) is 0 Å². The topological polar surface area (TPSA) is 17.3 Å². The van der Waals surface area contributed by atoms with Gasteiger partial charge in [-0.25, -0.2) is 4.98 Å². The van der Waals surface area contributed by atoms with E-state index in [0.29, 0.717) is 5.15 Å². The van der Waals surface area contributed by atoms with Crippen LogP contribution in [0.5, 0.6) is 0 Å². The van der Waals surface area contributed by atoms with Crippen LogP contribution in [0.3, 0.4) is 0 Å². The maximum Gasteiger partial charge on any atom is 0.137 e. The van der Waals surface area contributed by atoms with Gasteiger partial charge in [0.25, 0.3) is 0 Å². The van der Waals surface area contributed by atoms with E-state index in [-0.39, 0.29) is 0 Å². The van der Waals surface area contributed by atoms with Crippen molar-refractivity contribution in [3.05, 3.63) is 34.2 Å². The Morgan fingerprint density at radius 3 is 3.09 bits per heavy atom. The van der Waals surface area contributed by atoms with Crippen molar-refractivity contribution >= 4 is 33.2 Å². The molecule has 0 saturated carbocycles. The van der Waals surface area contributed by atoms with E-state index in [9.17, 15) is 0 Å². The minimum atomic E-state index is 0.626. The monoisotopic (exact) mass is 230 g/mol. The van der Waals surface area contributed by atoms with E-state index < -0.39 is 0 Å². The first-order chi connectivity index (χ1) is 5.27. The van der Waals surface area contributed by atoms with Gasteiger partial charge in [-0.3, -0.25) is 4.40 Å². The normalized spacial score (nSPS) is 10.7.